The fourth-order valence-electron chi connectivity index (χ4n) is 2.72. The van der Waals surface area contributed by atoms with E-state index in [4.69, 9.17) is 0 Å². The summed E-state index contributed by atoms with van der Waals surface area (Å²) in [6, 6.07) is 0. The lowest BCUT2D eigenvalue weighted by Crippen LogP contribution is -2.17. The zero-order chi connectivity index (χ0) is 13.1. The second-order valence-corrected chi connectivity index (χ2v) is 5.94. The summed E-state index contributed by atoms with van der Waals surface area (Å²) in [5.41, 5.74) is 2.26. The predicted octanol–water partition coefficient (Wildman–Crippen LogP) is 3.44. The largest absolute Gasteiger partial charge is 0.299 e. The maximum Gasteiger partial charge on any atom is 0.136 e. The van der Waals surface area contributed by atoms with E-state index in [9.17, 15) is 4.79 Å². The number of Topliss-reactive ketones (excluding diaryl/α,β-unsaturated/α-hetero) is 1. The van der Waals surface area contributed by atoms with Gasteiger partial charge >= 0.3 is 0 Å². The number of carbonyl (C=O) groups is 1. The van der Waals surface area contributed by atoms with Gasteiger partial charge in [0.25, 0.3) is 0 Å². The average molecular weight is 313 g/mol. The van der Waals surface area contributed by atoms with Crippen LogP contribution < -0.4 is 0 Å². The fourth-order valence-corrected chi connectivity index (χ4v) is 3.50. The highest BCUT2D eigenvalue weighted by atomic mass is 79.9. The SMILES string of the molecule is CCc1nn(C)c(CC2CCCCCC2=O)c1Br. The van der Waals surface area contributed by atoms with Crippen LogP contribution in [-0.4, -0.2) is 15.6 Å². The van der Waals surface area contributed by atoms with Gasteiger partial charge in [0, 0.05) is 25.8 Å². The lowest BCUT2D eigenvalue weighted by molar-refractivity contribution is -0.122. The molecule has 0 radical (unpaired) electrons. The second-order valence-electron chi connectivity index (χ2n) is 5.15. The summed E-state index contributed by atoms with van der Waals surface area (Å²) in [6.45, 7) is 2.10. The number of aromatic nitrogens is 2. The van der Waals surface area contributed by atoms with E-state index in [2.05, 4.69) is 28.0 Å². The molecule has 1 atom stereocenters. The monoisotopic (exact) mass is 312 g/mol. The Morgan fingerprint density at radius 1 is 1.39 bits per heavy atom. The topological polar surface area (TPSA) is 34.9 Å². The van der Waals surface area contributed by atoms with Gasteiger partial charge in [0.15, 0.2) is 0 Å². The summed E-state index contributed by atoms with van der Waals surface area (Å²) >= 11 is 3.63. The number of hydrogen-bond donors (Lipinski definition) is 0. The predicted molar refractivity (Wildman–Crippen MR) is 75.6 cm³/mol. The van der Waals surface area contributed by atoms with Crippen molar-refractivity contribution in [3.63, 3.8) is 0 Å². The third-order valence-electron chi connectivity index (χ3n) is 3.87. The van der Waals surface area contributed by atoms with Crippen LogP contribution >= 0.6 is 15.9 Å². The molecule has 100 valence electrons. The van der Waals surface area contributed by atoms with Crippen molar-refractivity contribution in [1.29, 1.82) is 0 Å². The average Bonchev–Trinajstić information content (AvgIpc) is 2.52. The smallest absolute Gasteiger partial charge is 0.136 e. The Kier molecular flexibility index (Phi) is 4.60. The van der Waals surface area contributed by atoms with Crippen LogP contribution in [0.4, 0.5) is 0 Å². The van der Waals surface area contributed by atoms with E-state index < -0.39 is 0 Å². The van der Waals surface area contributed by atoms with Gasteiger partial charge in [-0.1, -0.05) is 19.8 Å². The van der Waals surface area contributed by atoms with Gasteiger partial charge in [0.2, 0.25) is 0 Å². The van der Waals surface area contributed by atoms with Crippen LogP contribution in [0.3, 0.4) is 0 Å². The molecule has 1 aromatic rings. The van der Waals surface area contributed by atoms with Gasteiger partial charge < -0.3 is 0 Å². The normalized spacial score (nSPS) is 21.1. The summed E-state index contributed by atoms with van der Waals surface area (Å²) in [5.74, 6) is 0.641. The summed E-state index contributed by atoms with van der Waals surface area (Å²) in [6.07, 6.45) is 7.03. The molecule has 4 heteroatoms. The van der Waals surface area contributed by atoms with Crippen LogP contribution in [0.2, 0.25) is 0 Å². The van der Waals surface area contributed by atoms with E-state index >= 15 is 0 Å². The Balaban J connectivity index is 2.17. The van der Waals surface area contributed by atoms with Crippen LogP contribution in [0, 0.1) is 5.92 Å². The first-order valence-electron chi connectivity index (χ1n) is 6.86. The second kappa shape index (κ2) is 6.00. The Morgan fingerprint density at radius 2 is 2.17 bits per heavy atom. The number of aryl methyl sites for hydroxylation is 2. The van der Waals surface area contributed by atoms with Gasteiger partial charge in [-0.15, -0.1) is 0 Å². The van der Waals surface area contributed by atoms with Gasteiger partial charge in [-0.2, -0.15) is 5.10 Å². The summed E-state index contributed by atoms with van der Waals surface area (Å²) in [7, 11) is 1.97. The molecule has 1 aromatic heterocycles. The lowest BCUT2D eigenvalue weighted by Gasteiger charge is -2.13. The van der Waals surface area contributed by atoms with Crippen LogP contribution in [0.15, 0.2) is 4.47 Å². The molecule has 1 saturated carbocycles. The maximum atomic E-state index is 12.1. The van der Waals surface area contributed by atoms with Crippen LogP contribution in [0.1, 0.15) is 50.4 Å². The van der Waals surface area contributed by atoms with Crippen molar-refractivity contribution in [2.24, 2.45) is 13.0 Å². The van der Waals surface area contributed by atoms with Crippen molar-refractivity contribution >= 4 is 21.7 Å². The van der Waals surface area contributed by atoms with Crippen LogP contribution in [-0.2, 0) is 24.7 Å². The quantitative estimate of drug-likeness (QED) is 0.801. The minimum absolute atomic E-state index is 0.198. The van der Waals surface area contributed by atoms with E-state index in [-0.39, 0.29) is 5.92 Å². The lowest BCUT2D eigenvalue weighted by atomic mass is 9.93. The van der Waals surface area contributed by atoms with Crippen molar-refractivity contribution in [2.45, 2.75) is 51.9 Å². The molecule has 1 heterocycles. The number of carbonyl (C=O) groups excluding carboxylic acids is 1. The Morgan fingerprint density at radius 3 is 2.83 bits per heavy atom. The third-order valence-corrected chi connectivity index (χ3v) is 4.79. The Bertz CT molecular complexity index is 439. The number of halogens is 1. The molecule has 0 aromatic carbocycles. The third kappa shape index (κ3) is 2.85. The highest BCUT2D eigenvalue weighted by molar-refractivity contribution is 9.10. The van der Waals surface area contributed by atoms with Crippen molar-refractivity contribution in [1.82, 2.24) is 9.78 Å². The van der Waals surface area contributed by atoms with Crippen molar-refractivity contribution in [3.8, 4) is 0 Å². The van der Waals surface area contributed by atoms with Gasteiger partial charge in [-0.25, -0.2) is 0 Å². The first-order valence-corrected chi connectivity index (χ1v) is 7.65. The maximum absolute atomic E-state index is 12.1. The zero-order valence-electron chi connectivity index (χ0n) is 11.2. The summed E-state index contributed by atoms with van der Waals surface area (Å²) in [5, 5.41) is 4.50. The zero-order valence-corrected chi connectivity index (χ0v) is 12.8. The van der Waals surface area contributed by atoms with Crippen LogP contribution in [0.5, 0.6) is 0 Å². The molecular formula is C14H21BrN2O. The molecule has 1 unspecified atom stereocenters. The van der Waals surface area contributed by atoms with Crippen molar-refractivity contribution in [2.75, 3.05) is 0 Å². The number of rotatable bonds is 3. The standard InChI is InChI=1S/C14H21BrN2O/c1-3-11-14(15)12(17(2)16-11)9-10-7-5-4-6-8-13(10)18/h10H,3-9H2,1-2H3. The van der Waals surface area contributed by atoms with Crippen LogP contribution in [0.25, 0.3) is 0 Å². The van der Waals surface area contributed by atoms with Gasteiger partial charge in [-0.05, 0) is 35.2 Å². The highest BCUT2D eigenvalue weighted by Crippen LogP contribution is 2.28. The first kappa shape index (κ1) is 13.8. The van der Waals surface area contributed by atoms with Gasteiger partial charge in [0.1, 0.15) is 5.78 Å². The van der Waals surface area contributed by atoms with Gasteiger partial charge in [0.05, 0.1) is 15.9 Å². The molecule has 0 amide bonds. The molecule has 0 N–H and O–H groups in total. The molecule has 0 spiro atoms. The highest BCUT2D eigenvalue weighted by Gasteiger charge is 2.24. The molecule has 0 aliphatic heterocycles. The number of hydrogen-bond acceptors (Lipinski definition) is 2. The number of ketones is 1. The van der Waals surface area contributed by atoms with E-state index in [1.54, 1.807) is 0 Å². The molecule has 1 aliphatic rings. The Hall–Kier alpha value is -0.640. The van der Waals surface area contributed by atoms with E-state index in [0.717, 1.165) is 42.3 Å². The van der Waals surface area contributed by atoms with E-state index in [1.165, 1.54) is 18.5 Å². The summed E-state index contributed by atoms with van der Waals surface area (Å²) in [4.78, 5) is 12.1. The van der Waals surface area contributed by atoms with Gasteiger partial charge in [-0.3, -0.25) is 9.48 Å². The first-order chi connectivity index (χ1) is 8.63. The molecule has 0 bridgehead atoms. The van der Waals surface area contributed by atoms with Crippen molar-refractivity contribution in [3.05, 3.63) is 15.9 Å². The molecule has 3 nitrogen and oxygen atoms in total. The van der Waals surface area contributed by atoms with Crippen molar-refractivity contribution < 1.29 is 4.79 Å². The molecule has 1 fully saturated rings. The van der Waals surface area contributed by atoms with E-state index in [1.807, 2.05) is 11.7 Å². The van der Waals surface area contributed by atoms with E-state index in [0.29, 0.717) is 5.78 Å². The molecular weight excluding hydrogens is 292 g/mol. The molecule has 2 rings (SSSR count). The minimum atomic E-state index is 0.198. The fraction of sp³-hybridized carbons (Fsp3) is 0.714. The summed E-state index contributed by atoms with van der Waals surface area (Å²) < 4.78 is 3.03. The minimum Gasteiger partial charge on any atom is -0.299 e. The molecule has 1 aliphatic carbocycles. The Labute approximate surface area is 117 Å². The number of nitrogens with zero attached hydrogens (tertiary/aromatic N) is 2. The molecule has 0 saturated heterocycles. The molecule has 18 heavy (non-hydrogen) atoms.